The molecule has 0 aromatic heterocycles. The molecule has 6 nitrogen and oxygen atoms in total. The first-order valence-corrected chi connectivity index (χ1v) is 8.03. The highest BCUT2D eigenvalue weighted by molar-refractivity contribution is 6.31. The number of carbonyl (C=O) groups is 1. The number of nitrogens with one attached hydrogen (secondary N) is 1. The molecule has 0 radical (unpaired) electrons. The van der Waals surface area contributed by atoms with Gasteiger partial charge in [-0.05, 0) is 43.2 Å². The zero-order valence-electron chi connectivity index (χ0n) is 12.9. The second-order valence-corrected chi connectivity index (χ2v) is 6.06. The van der Waals surface area contributed by atoms with Crippen LogP contribution in [-0.4, -0.2) is 23.9 Å². The summed E-state index contributed by atoms with van der Waals surface area (Å²) in [6.45, 7) is 1.60. The topological polar surface area (TPSA) is 75.5 Å². The predicted octanol–water partition coefficient (Wildman–Crippen LogP) is 4.10. The van der Waals surface area contributed by atoms with Crippen LogP contribution in [0.1, 0.15) is 23.2 Å². The Kier molecular flexibility index (Phi) is 4.66. The number of nitro groups is 1. The van der Waals surface area contributed by atoms with E-state index in [9.17, 15) is 14.9 Å². The molecule has 1 heterocycles. The first kappa shape index (κ1) is 16.3. The third-order valence-electron chi connectivity index (χ3n) is 3.96. The molecule has 0 unspecified atom stereocenters. The minimum atomic E-state index is -0.441. The summed E-state index contributed by atoms with van der Waals surface area (Å²) in [5.74, 6) is -0.409. The smallest absolute Gasteiger partial charge is 0.293 e. The molecular weight excluding hydrogens is 330 g/mol. The molecule has 1 amide bonds. The van der Waals surface area contributed by atoms with E-state index < -0.39 is 10.8 Å². The third-order valence-corrected chi connectivity index (χ3v) is 4.20. The molecule has 0 saturated carbocycles. The number of nitro benzene ring substituents is 1. The van der Waals surface area contributed by atoms with Crippen LogP contribution in [0.2, 0.25) is 5.02 Å². The number of amides is 1. The summed E-state index contributed by atoms with van der Waals surface area (Å²) in [4.78, 5) is 25.3. The normalized spacial score (nSPS) is 13.8. The Morgan fingerprint density at radius 3 is 2.58 bits per heavy atom. The Morgan fingerprint density at radius 1 is 1.17 bits per heavy atom. The van der Waals surface area contributed by atoms with Crippen LogP contribution in [0.5, 0.6) is 0 Å². The van der Waals surface area contributed by atoms with Crippen LogP contribution in [0.4, 0.5) is 17.1 Å². The van der Waals surface area contributed by atoms with Crippen LogP contribution in [0.15, 0.2) is 42.5 Å². The number of benzene rings is 2. The van der Waals surface area contributed by atoms with E-state index in [-0.39, 0.29) is 11.3 Å². The van der Waals surface area contributed by atoms with Gasteiger partial charge < -0.3 is 10.2 Å². The fourth-order valence-electron chi connectivity index (χ4n) is 2.81. The monoisotopic (exact) mass is 345 g/mol. The van der Waals surface area contributed by atoms with Crippen molar-refractivity contribution in [3.05, 3.63) is 63.2 Å². The first-order valence-electron chi connectivity index (χ1n) is 7.65. The van der Waals surface area contributed by atoms with E-state index in [1.165, 1.54) is 6.07 Å². The second kappa shape index (κ2) is 6.88. The van der Waals surface area contributed by atoms with Gasteiger partial charge >= 0.3 is 0 Å². The minimum absolute atomic E-state index is 0.0457. The molecule has 1 fully saturated rings. The van der Waals surface area contributed by atoms with Gasteiger partial charge in [0.2, 0.25) is 0 Å². The van der Waals surface area contributed by atoms with Crippen molar-refractivity contribution in [1.82, 2.24) is 0 Å². The van der Waals surface area contributed by atoms with Gasteiger partial charge in [-0.25, -0.2) is 0 Å². The maximum Gasteiger partial charge on any atom is 0.293 e. The Morgan fingerprint density at radius 2 is 1.92 bits per heavy atom. The summed E-state index contributed by atoms with van der Waals surface area (Å²) in [7, 11) is 0. The molecule has 7 heteroatoms. The van der Waals surface area contributed by atoms with Crippen LogP contribution in [-0.2, 0) is 0 Å². The Hall–Kier alpha value is -2.60. The molecule has 1 saturated heterocycles. The highest BCUT2D eigenvalue weighted by Crippen LogP contribution is 2.32. The van der Waals surface area contributed by atoms with Gasteiger partial charge in [0.1, 0.15) is 5.69 Å². The molecule has 3 rings (SSSR count). The number of anilines is 2. The summed E-state index contributed by atoms with van der Waals surface area (Å²) >= 11 is 5.89. The van der Waals surface area contributed by atoms with E-state index in [0.29, 0.717) is 16.4 Å². The third kappa shape index (κ3) is 3.49. The van der Waals surface area contributed by atoms with Crippen LogP contribution >= 0.6 is 11.6 Å². The number of hydrogen-bond donors (Lipinski definition) is 1. The van der Waals surface area contributed by atoms with E-state index in [1.807, 2.05) is 4.90 Å². The largest absolute Gasteiger partial charge is 0.366 e. The van der Waals surface area contributed by atoms with Crippen molar-refractivity contribution in [2.75, 3.05) is 23.3 Å². The molecule has 2 aromatic carbocycles. The van der Waals surface area contributed by atoms with Crippen LogP contribution < -0.4 is 10.2 Å². The number of halogens is 1. The fourth-order valence-corrected chi connectivity index (χ4v) is 3.00. The quantitative estimate of drug-likeness (QED) is 0.668. The number of hydrogen-bond acceptors (Lipinski definition) is 4. The number of rotatable bonds is 4. The molecule has 1 aliphatic rings. The van der Waals surface area contributed by atoms with Gasteiger partial charge in [-0.1, -0.05) is 17.7 Å². The van der Waals surface area contributed by atoms with Crippen molar-refractivity contribution in [2.45, 2.75) is 12.8 Å². The Bertz CT molecular complexity index is 788. The highest BCUT2D eigenvalue weighted by Gasteiger charge is 2.23. The molecule has 0 spiro atoms. The lowest BCUT2D eigenvalue weighted by Gasteiger charge is -2.17. The highest BCUT2D eigenvalue weighted by atomic mass is 35.5. The van der Waals surface area contributed by atoms with E-state index >= 15 is 0 Å². The van der Waals surface area contributed by atoms with Crippen LogP contribution in [0, 0.1) is 10.1 Å². The standard InChI is InChI=1S/C17H16ClN3O3/c18-13-4-3-5-14(11-13)19-17(22)12-6-7-15(16(10-12)21(23)24)20-8-1-2-9-20/h3-7,10-11H,1-2,8-9H2,(H,19,22). The zero-order valence-corrected chi connectivity index (χ0v) is 13.6. The summed E-state index contributed by atoms with van der Waals surface area (Å²) in [5.41, 5.74) is 1.30. The van der Waals surface area contributed by atoms with Gasteiger partial charge in [0.25, 0.3) is 11.6 Å². The average Bonchev–Trinajstić information content (AvgIpc) is 3.08. The summed E-state index contributed by atoms with van der Waals surface area (Å²) in [6.07, 6.45) is 2.04. The molecule has 1 aliphatic heterocycles. The molecule has 24 heavy (non-hydrogen) atoms. The SMILES string of the molecule is O=C(Nc1cccc(Cl)c1)c1ccc(N2CCCC2)c([N+](=O)[O-])c1. The fraction of sp³-hybridized carbons (Fsp3) is 0.235. The van der Waals surface area contributed by atoms with E-state index in [4.69, 9.17) is 11.6 Å². The predicted molar refractivity (Wildman–Crippen MR) is 93.9 cm³/mol. The maximum absolute atomic E-state index is 12.3. The van der Waals surface area contributed by atoms with Gasteiger partial charge in [-0.15, -0.1) is 0 Å². The Balaban J connectivity index is 1.86. The number of carbonyl (C=O) groups excluding carboxylic acids is 1. The van der Waals surface area contributed by atoms with E-state index in [1.54, 1.807) is 36.4 Å². The molecule has 0 bridgehead atoms. The van der Waals surface area contributed by atoms with E-state index in [2.05, 4.69) is 5.32 Å². The molecular formula is C17H16ClN3O3. The zero-order chi connectivity index (χ0) is 17.1. The lowest BCUT2D eigenvalue weighted by molar-refractivity contribution is -0.384. The lowest BCUT2D eigenvalue weighted by atomic mass is 10.1. The van der Waals surface area contributed by atoms with Gasteiger partial charge in [-0.3, -0.25) is 14.9 Å². The van der Waals surface area contributed by atoms with Crippen LogP contribution in [0.3, 0.4) is 0 Å². The first-order chi connectivity index (χ1) is 11.5. The van der Waals surface area contributed by atoms with Crippen molar-refractivity contribution in [3.63, 3.8) is 0 Å². The summed E-state index contributed by atoms with van der Waals surface area (Å²) in [6, 6.07) is 11.3. The number of nitrogens with zero attached hydrogens (tertiary/aromatic N) is 2. The molecule has 0 atom stereocenters. The molecule has 1 N–H and O–H groups in total. The molecule has 0 aliphatic carbocycles. The van der Waals surface area contributed by atoms with Crippen molar-refractivity contribution in [2.24, 2.45) is 0 Å². The summed E-state index contributed by atoms with van der Waals surface area (Å²) in [5, 5.41) is 14.6. The van der Waals surface area contributed by atoms with Crippen LogP contribution in [0.25, 0.3) is 0 Å². The van der Waals surface area contributed by atoms with Gasteiger partial charge in [0.05, 0.1) is 4.92 Å². The lowest BCUT2D eigenvalue weighted by Crippen LogP contribution is -2.19. The maximum atomic E-state index is 12.3. The minimum Gasteiger partial charge on any atom is -0.366 e. The molecule has 124 valence electrons. The average molecular weight is 346 g/mol. The van der Waals surface area contributed by atoms with Crippen molar-refractivity contribution < 1.29 is 9.72 Å². The van der Waals surface area contributed by atoms with Gasteiger partial charge in [0.15, 0.2) is 0 Å². The van der Waals surface area contributed by atoms with Gasteiger partial charge in [-0.2, -0.15) is 0 Å². The summed E-state index contributed by atoms with van der Waals surface area (Å²) < 4.78 is 0. The second-order valence-electron chi connectivity index (χ2n) is 5.62. The van der Waals surface area contributed by atoms with Gasteiger partial charge in [0, 0.05) is 35.4 Å². The van der Waals surface area contributed by atoms with Crippen molar-refractivity contribution >= 4 is 34.6 Å². The van der Waals surface area contributed by atoms with E-state index in [0.717, 1.165) is 25.9 Å². The van der Waals surface area contributed by atoms with Crippen molar-refractivity contribution in [1.29, 1.82) is 0 Å². The Labute approximate surface area is 144 Å². The molecule has 2 aromatic rings. The van der Waals surface area contributed by atoms with Crippen molar-refractivity contribution in [3.8, 4) is 0 Å².